The largest absolute Gasteiger partial charge is 0.253 e. The van der Waals surface area contributed by atoms with Crippen LogP contribution in [0.15, 0.2) is 35.5 Å². The molecular formula is C13H14N. The van der Waals surface area contributed by atoms with Crippen LogP contribution in [0.4, 0.5) is 5.69 Å². The molecule has 0 spiro atoms. The van der Waals surface area contributed by atoms with Crippen LogP contribution in [0.25, 0.3) is 0 Å². The fourth-order valence-corrected chi connectivity index (χ4v) is 2.42. The predicted molar refractivity (Wildman–Crippen MR) is 57.4 cm³/mol. The van der Waals surface area contributed by atoms with Crippen molar-refractivity contribution >= 4 is 5.69 Å². The van der Waals surface area contributed by atoms with Gasteiger partial charge in [-0.1, -0.05) is 18.2 Å². The van der Waals surface area contributed by atoms with Crippen LogP contribution in [0.5, 0.6) is 0 Å². The van der Waals surface area contributed by atoms with Crippen LogP contribution in [-0.2, 0) is 6.42 Å². The fourth-order valence-electron chi connectivity index (χ4n) is 2.42. The topological polar surface area (TPSA) is 14.1 Å². The monoisotopic (exact) mass is 184 g/mol. The summed E-state index contributed by atoms with van der Waals surface area (Å²) >= 11 is 0. The summed E-state index contributed by atoms with van der Waals surface area (Å²) in [5.74, 6) is 0. The molecule has 0 atom stereocenters. The van der Waals surface area contributed by atoms with Crippen molar-refractivity contribution in [3.05, 3.63) is 41.1 Å². The number of allylic oxidation sites excluding steroid dienone is 2. The van der Waals surface area contributed by atoms with Gasteiger partial charge in [0, 0.05) is 5.70 Å². The van der Waals surface area contributed by atoms with Crippen molar-refractivity contribution in [1.29, 1.82) is 0 Å². The Morgan fingerprint density at radius 3 is 2.86 bits per heavy atom. The van der Waals surface area contributed by atoms with E-state index in [1.54, 1.807) is 5.57 Å². The molecule has 0 fully saturated rings. The zero-order valence-corrected chi connectivity index (χ0v) is 8.29. The van der Waals surface area contributed by atoms with E-state index in [4.69, 9.17) is 5.32 Å². The normalized spacial score (nSPS) is 19.7. The maximum Gasteiger partial charge on any atom is 0.0668 e. The summed E-state index contributed by atoms with van der Waals surface area (Å²) in [5.41, 5.74) is 5.59. The van der Waals surface area contributed by atoms with Gasteiger partial charge in [0.15, 0.2) is 0 Å². The average Bonchev–Trinajstić information content (AvgIpc) is 2.26. The zero-order chi connectivity index (χ0) is 9.38. The number of rotatable bonds is 0. The Labute approximate surface area is 84.8 Å². The lowest BCUT2D eigenvalue weighted by Crippen LogP contribution is -2.15. The number of benzene rings is 1. The van der Waals surface area contributed by atoms with E-state index < -0.39 is 0 Å². The number of hydrogen-bond donors (Lipinski definition) is 0. The van der Waals surface area contributed by atoms with E-state index in [0.717, 1.165) is 6.42 Å². The van der Waals surface area contributed by atoms with Gasteiger partial charge < -0.3 is 0 Å². The zero-order valence-electron chi connectivity index (χ0n) is 8.29. The van der Waals surface area contributed by atoms with Gasteiger partial charge in [-0.3, -0.25) is 5.32 Å². The van der Waals surface area contributed by atoms with Gasteiger partial charge in [0.1, 0.15) is 0 Å². The van der Waals surface area contributed by atoms with E-state index in [1.807, 2.05) is 0 Å². The van der Waals surface area contributed by atoms with Gasteiger partial charge in [-0.25, -0.2) is 0 Å². The third-order valence-corrected chi connectivity index (χ3v) is 3.20. The van der Waals surface area contributed by atoms with Crippen LogP contribution in [0.2, 0.25) is 0 Å². The molecule has 1 aromatic rings. The third-order valence-electron chi connectivity index (χ3n) is 3.20. The smallest absolute Gasteiger partial charge is 0.0668 e. The molecule has 0 saturated carbocycles. The van der Waals surface area contributed by atoms with E-state index in [-0.39, 0.29) is 0 Å². The van der Waals surface area contributed by atoms with Crippen molar-refractivity contribution in [1.82, 2.24) is 5.32 Å². The highest BCUT2D eigenvalue weighted by molar-refractivity contribution is 5.52. The second-order valence-electron chi connectivity index (χ2n) is 4.17. The van der Waals surface area contributed by atoms with Crippen LogP contribution >= 0.6 is 0 Å². The molecule has 1 heteroatoms. The number of para-hydroxylation sites is 1. The quantitative estimate of drug-likeness (QED) is 0.587. The number of hydrogen-bond acceptors (Lipinski definition) is 0. The van der Waals surface area contributed by atoms with E-state index >= 15 is 0 Å². The van der Waals surface area contributed by atoms with Crippen molar-refractivity contribution in [3.8, 4) is 0 Å². The Balaban J connectivity index is 1.99. The molecule has 0 bridgehead atoms. The number of nitrogens with zero attached hydrogens (tertiary/aromatic N) is 1. The van der Waals surface area contributed by atoms with Crippen LogP contribution < -0.4 is 5.32 Å². The lowest BCUT2D eigenvalue weighted by molar-refractivity contribution is 0.623. The first-order valence-corrected chi connectivity index (χ1v) is 5.44. The Morgan fingerprint density at radius 2 is 1.86 bits per heavy atom. The molecule has 0 N–H and O–H groups in total. The molecule has 0 saturated heterocycles. The molecule has 0 amide bonds. The van der Waals surface area contributed by atoms with E-state index in [2.05, 4.69) is 24.3 Å². The minimum absolute atomic E-state index is 1.15. The molecule has 1 aliphatic heterocycles. The molecule has 1 nitrogen and oxygen atoms in total. The second-order valence-corrected chi connectivity index (χ2v) is 4.17. The van der Waals surface area contributed by atoms with Gasteiger partial charge in [-0.15, -0.1) is 0 Å². The third kappa shape index (κ3) is 1.24. The Kier molecular flexibility index (Phi) is 1.83. The minimum atomic E-state index is 1.15. The first-order chi connectivity index (χ1) is 6.93. The van der Waals surface area contributed by atoms with Crippen LogP contribution in [-0.4, -0.2) is 0 Å². The van der Waals surface area contributed by atoms with Gasteiger partial charge in [0.25, 0.3) is 0 Å². The molecule has 1 radical (unpaired) electrons. The minimum Gasteiger partial charge on any atom is -0.253 e. The average molecular weight is 184 g/mol. The van der Waals surface area contributed by atoms with Crippen LogP contribution in [0.1, 0.15) is 31.2 Å². The molecule has 0 aromatic heterocycles. The van der Waals surface area contributed by atoms with Crippen molar-refractivity contribution in [2.24, 2.45) is 0 Å². The summed E-state index contributed by atoms with van der Waals surface area (Å²) in [4.78, 5) is 0. The molecule has 0 unspecified atom stereocenters. The van der Waals surface area contributed by atoms with Crippen molar-refractivity contribution in [2.45, 2.75) is 32.1 Å². The Bertz CT molecular complexity index is 353. The summed E-state index contributed by atoms with van der Waals surface area (Å²) in [7, 11) is 0. The second kappa shape index (κ2) is 3.16. The Morgan fingerprint density at radius 1 is 1.00 bits per heavy atom. The summed E-state index contributed by atoms with van der Waals surface area (Å²) in [5, 5.41) is 4.75. The highest BCUT2D eigenvalue weighted by atomic mass is 14.9. The molecule has 71 valence electrons. The lowest BCUT2D eigenvalue weighted by Gasteiger charge is -2.26. The first-order valence-electron chi connectivity index (χ1n) is 5.44. The molecule has 14 heavy (non-hydrogen) atoms. The molecule has 2 aliphatic rings. The standard InChI is InChI=1S/C13H14N/c1-3-7-12-10(5-1)9-11-6-2-4-8-13(11)14-12/h1,3,5,7H,2,4,6,8-9H2. The summed E-state index contributed by atoms with van der Waals surface area (Å²) < 4.78 is 0. The van der Waals surface area contributed by atoms with Gasteiger partial charge in [-0.2, -0.15) is 0 Å². The van der Waals surface area contributed by atoms with Gasteiger partial charge in [0.05, 0.1) is 5.69 Å². The maximum absolute atomic E-state index is 4.75. The number of fused-ring (bicyclic) bond motifs is 1. The van der Waals surface area contributed by atoms with Crippen molar-refractivity contribution < 1.29 is 0 Å². The van der Waals surface area contributed by atoms with Crippen LogP contribution in [0, 0.1) is 0 Å². The lowest BCUT2D eigenvalue weighted by atomic mass is 9.88. The Hall–Kier alpha value is -1.24. The molecule has 1 heterocycles. The SMILES string of the molecule is c1ccc2c(c1)CC1=C(CCCC1)[N]2. The fraction of sp³-hybridized carbons (Fsp3) is 0.385. The van der Waals surface area contributed by atoms with E-state index in [0.29, 0.717) is 0 Å². The first kappa shape index (κ1) is 8.10. The highest BCUT2D eigenvalue weighted by Gasteiger charge is 2.20. The van der Waals surface area contributed by atoms with Gasteiger partial charge in [0.2, 0.25) is 0 Å². The van der Waals surface area contributed by atoms with Crippen molar-refractivity contribution in [3.63, 3.8) is 0 Å². The maximum atomic E-state index is 4.75. The molecule has 1 aromatic carbocycles. The summed E-state index contributed by atoms with van der Waals surface area (Å²) in [6.45, 7) is 0. The molecular weight excluding hydrogens is 170 g/mol. The highest BCUT2D eigenvalue weighted by Crippen LogP contribution is 2.34. The van der Waals surface area contributed by atoms with Gasteiger partial charge >= 0.3 is 0 Å². The van der Waals surface area contributed by atoms with E-state index in [1.165, 1.54) is 42.6 Å². The molecule has 3 rings (SSSR count). The predicted octanol–water partition coefficient (Wildman–Crippen LogP) is 3.31. The van der Waals surface area contributed by atoms with Gasteiger partial charge in [-0.05, 0) is 49.3 Å². The van der Waals surface area contributed by atoms with Crippen molar-refractivity contribution in [2.75, 3.05) is 0 Å². The summed E-state index contributed by atoms with van der Waals surface area (Å²) in [6, 6.07) is 8.53. The van der Waals surface area contributed by atoms with Crippen LogP contribution in [0.3, 0.4) is 0 Å². The summed E-state index contributed by atoms with van der Waals surface area (Å²) in [6.07, 6.45) is 6.30. The molecule has 1 aliphatic carbocycles. The van der Waals surface area contributed by atoms with E-state index in [9.17, 15) is 0 Å².